The Morgan fingerprint density at radius 3 is 2.76 bits per heavy atom. The van der Waals surface area contributed by atoms with Gasteiger partial charge in [0, 0.05) is 32.0 Å². The van der Waals surface area contributed by atoms with Gasteiger partial charge < -0.3 is 19.6 Å². The van der Waals surface area contributed by atoms with Crippen molar-refractivity contribution in [2.45, 2.75) is 32.4 Å². The van der Waals surface area contributed by atoms with Crippen LogP contribution in [0.4, 0.5) is 10.6 Å². The van der Waals surface area contributed by atoms with Crippen LogP contribution in [0.1, 0.15) is 20.8 Å². The van der Waals surface area contributed by atoms with E-state index in [1.165, 1.54) is 0 Å². The van der Waals surface area contributed by atoms with Gasteiger partial charge in [-0.3, -0.25) is 4.98 Å². The maximum Gasteiger partial charge on any atom is 0.410 e. The number of aliphatic hydroxyl groups excluding tert-OH is 1. The molecule has 1 aliphatic rings. The number of hydrogen-bond acceptors (Lipinski definition) is 6. The summed E-state index contributed by atoms with van der Waals surface area (Å²) in [6, 6.07) is -0.206. The third-order valence-corrected chi connectivity index (χ3v) is 3.19. The second-order valence-electron chi connectivity index (χ2n) is 6.02. The molecule has 1 aromatic heterocycles. The molecule has 0 spiro atoms. The van der Waals surface area contributed by atoms with Crippen molar-refractivity contribution in [1.82, 2.24) is 14.9 Å². The molecule has 7 heteroatoms. The number of rotatable bonds is 2. The second kappa shape index (κ2) is 6.26. The molecule has 1 unspecified atom stereocenters. The number of ether oxygens (including phenoxy) is 1. The van der Waals surface area contributed by atoms with E-state index in [9.17, 15) is 9.90 Å². The average molecular weight is 294 g/mol. The smallest absolute Gasteiger partial charge is 0.410 e. The van der Waals surface area contributed by atoms with Gasteiger partial charge in [0.05, 0.1) is 18.8 Å². The summed E-state index contributed by atoms with van der Waals surface area (Å²) in [6.07, 6.45) is 4.53. The van der Waals surface area contributed by atoms with E-state index in [1.54, 1.807) is 23.5 Å². The third kappa shape index (κ3) is 4.04. The summed E-state index contributed by atoms with van der Waals surface area (Å²) < 4.78 is 5.37. The first-order chi connectivity index (χ1) is 9.90. The summed E-state index contributed by atoms with van der Waals surface area (Å²) in [4.78, 5) is 24.0. The first kappa shape index (κ1) is 15.5. The van der Waals surface area contributed by atoms with Crippen molar-refractivity contribution in [3.05, 3.63) is 18.6 Å². The molecule has 1 N–H and O–H groups in total. The number of carbonyl (C=O) groups excluding carboxylic acids is 1. The van der Waals surface area contributed by atoms with Crippen LogP contribution in [0, 0.1) is 0 Å². The zero-order valence-electron chi connectivity index (χ0n) is 12.7. The SMILES string of the molecule is CC(C)(C)OC(=O)N1CCN(c2cnccn2)C(CO)C1. The predicted octanol–water partition coefficient (Wildman–Crippen LogP) is 0.895. The summed E-state index contributed by atoms with van der Waals surface area (Å²) in [5.74, 6) is 0.709. The summed E-state index contributed by atoms with van der Waals surface area (Å²) in [6.45, 7) is 6.97. The lowest BCUT2D eigenvalue weighted by Crippen LogP contribution is -2.57. The first-order valence-electron chi connectivity index (χ1n) is 7.02. The van der Waals surface area contributed by atoms with Crippen LogP contribution in [0.3, 0.4) is 0 Å². The lowest BCUT2D eigenvalue weighted by Gasteiger charge is -2.41. The Bertz CT molecular complexity index is 475. The Kier molecular flexibility index (Phi) is 4.62. The summed E-state index contributed by atoms with van der Waals surface area (Å²) >= 11 is 0. The molecule has 0 saturated carbocycles. The molecule has 116 valence electrons. The van der Waals surface area contributed by atoms with Gasteiger partial charge >= 0.3 is 6.09 Å². The fourth-order valence-corrected chi connectivity index (χ4v) is 2.25. The molecule has 1 amide bonds. The summed E-state index contributed by atoms with van der Waals surface area (Å²) in [5, 5.41) is 9.59. The minimum absolute atomic E-state index is 0.0597. The van der Waals surface area contributed by atoms with Crippen molar-refractivity contribution in [2.24, 2.45) is 0 Å². The van der Waals surface area contributed by atoms with Crippen molar-refractivity contribution in [3.8, 4) is 0 Å². The number of hydrogen-bond donors (Lipinski definition) is 1. The highest BCUT2D eigenvalue weighted by Gasteiger charge is 2.32. The van der Waals surface area contributed by atoms with E-state index in [0.717, 1.165) is 0 Å². The maximum absolute atomic E-state index is 12.1. The van der Waals surface area contributed by atoms with Crippen molar-refractivity contribution >= 4 is 11.9 Å². The summed E-state index contributed by atoms with van der Waals surface area (Å²) in [5.41, 5.74) is -0.520. The number of aliphatic hydroxyl groups is 1. The fraction of sp³-hybridized carbons (Fsp3) is 0.643. The van der Waals surface area contributed by atoms with E-state index in [-0.39, 0.29) is 18.7 Å². The van der Waals surface area contributed by atoms with Gasteiger partial charge in [0.25, 0.3) is 0 Å². The molecule has 1 aliphatic heterocycles. The highest BCUT2D eigenvalue weighted by molar-refractivity contribution is 5.68. The first-order valence-corrected chi connectivity index (χ1v) is 7.02. The molecule has 1 saturated heterocycles. The van der Waals surface area contributed by atoms with Crippen LogP contribution in [0.5, 0.6) is 0 Å². The van der Waals surface area contributed by atoms with Gasteiger partial charge in [0.15, 0.2) is 0 Å². The highest BCUT2D eigenvalue weighted by Crippen LogP contribution is 2.19. The average Bonchev–Trinajstić information content (AvgIpc) is 2.45. The van der Waals surface area contributed by atoms with E-state index < -0.39 is 5.60 Å². The van der Waals surface area contributed by atoms with Crippen molar-refractivity contribution < 1.29 is 14.6 Å². The molecular formula is C14H22N4O3. The van der Waals surface area contributed by atoms with Crippen molar-refractivity contribution in [2.75, 3.05) is 31.1 Å². The van der Waals surface area contributed by atoms with Gasteiger partial charge in [0.1, 0.15) is 11.4 Å². The Labute approximate surface area is 124 Å². The molecule has 2 heterocycles. The molecule has 2 rings (SSSR count). The van der Waals surface area contributed by atoms with Gasteiger partial charge in [-0.15, -0.1) is 0 Å². The van der Waals surface area contributed by atoms with Crippen LogP contribution in [0.25, 0.3) is 0 Å². The second-order valence-corrected chi connectivity index (χ2v) is 6.02. The van der Waals surface area contributed by atoms with E-state index in [1.807, 2.05) is 25.7 Å². The molecule has 0 aromatic carbocycles. The van der Waals surface area contributed by atoms with Gasteiger partial charge in [-0.1, -0.05) is 0 Å². The predicted molar refractivity (Wildman–Crippen MR) is 78.1 cm³/mol. The Morgan fingerprint density at radius 1 is 1.43 bits per heavy atom. The highest BCUT2D eigenvalue weighted by atomic mass is 16.6. The standard InChI is InChI=1S/C14H22N4O3/c1-14(2,3)21-13(20)17-6-7-18(11(9-17)10-19)12-8-15-4-5-16-12/h4-5,8,11,19H,6-7,9-10H2,1-3H3. The van der Waals surface area contributed by atoms with Gasteiger partial charge in [-0.05, 0) is 20.8 Å². The molecule has 7 nitrogen and oxygen atoms in total. The minimum Gasteiger partial charge on any atom is -0.444 e. The Hall–Kier alpha value is -1.89. The van der Waals surface area contributed by atoms with Crippen LogP contribution in [0.15, 0.2) is 18.6 Å². The van der Waals surface area contributed by atoms with Crippen LogP contribution in [-0.2, 0) is 4.74 Å². The van der Waals surface area contributed by atoms with Crippen LogP contribution >= 0.6 is 0 Å². The van der Waals surface area contributed by atoms with E-state index in [2.05, 4.69) is 9.97 Å². The quantitative estimate of drug-likeness (QED) is 0.873. The van der Waals surface area contributed by atoms with Gasteiger partial charge in [-0.2, -0.15) is 0 Å². The number of carbonyl (C=O) groups is 1. The van der Waals surface area contributed by atoms with E-state index >= 15 is 0 Å². The van der Waals surface area contributed by atoms with Gasteiger partial charge in [0.2, 0.25) is 0 Å². The lowest BCUT2D eigenvalue weighted by atomic mass is 10.1. The topological polar surface area (TPSA) is 78.8 Å². The lowest BCUT2D eigenvalue weighted by molar-refractivity contribution is 0.0197. The Morgan fingerprint density at radius 2 is 2.19 bits per heavy atom. The van der Waals surface area contributed by atoms with Crippen LogP contribution in [0.2, 0.25) is 0 Å². The van der Waals surface area contributed by atoms with Crippen molar-refractivity contribution in [3.63, 3.8) is 0 Å². The summed E-state index contributed by atoms with van der Waals surface area (Å²) in [7, 11) is 0. The molecule has 1 aromatic rings. The molecule has 21 heavy (non-hydrogen) atoms. The number of amides is 1. The largest absolute Gasteiger partial charge is 0.444 e. The number of aromatic nitrogens is 2. The van der Waals surface area contributed by atoms with Crippen molar-refractivity contribution in [1.29, 1.82) is 0 Å². The normalized spacial score (nSPS) is 19.5. The Balaban J connectivity index is 2.03. The van der Waals surface area contributed by atoms with Crippen LogP contribution in [-0.4, -0.2) is 64.0 Å². The molecule has 0 bridgehead atoms. The monoisotopic (exact) mass is 294 g/mol. The molecule has 0 radical (unpaired) electrons. The number of anilines is 1. The molecule has 1 fully saturated rings. The van der Waals surface area contributed by atoms with E-state index in [0.29, 0.717) is 25.5 Å². The zero-order valence-corrected chi connectivity index (χ0v) is 12.7. The maximum atomic E-state index is 12.1. The van der Waals surface area contributed by atoms with Gasteiger partial charge in [-0.25, -0.2) is 9.78 Å². The fourth-order valence-electron chi connectivity index (χ4n) is 2.25. The number of piperazine rings is 1. The third-order valence-electron chi connectivity index (χ3n) is 3.19. The zero-order chi connectivity index (χ0) is 15.5. The molecule has 1 atom stereocenters. The van der Waals surface area contributed by atoms with E-state index in [4.69, 9.17) is 4.74 Å². The van der Waals surface area contributed by atoms with Crippen LogP contribution < -0.4 is 4.90 Å². The minimum atomic E-state index is -0.520. The number of nitrogens with zero attached hydrogens (tertiary/aromatic N) is 4. The molecule has 0 aliphatic carbocycles. The molecular weight excluding hydrogens is 272 g/mol.